The van der Waals surface area contributed by atoms with E-state index in [1.807, 2.05) is 0 Å². The van der Waals surface area contributed by atoms with Crippen LogP contribution in [0.1, 0.15) is 72.1 Å². The number of rotatable bonds is 5. The third kappa shape index (κ3) is 3.00. The molecule has 1 fully saturated rings. The molecule has 0 nitrogen and oxygen atoms in total. The van der Waals surface area contributed by atoms with Gasteiger partial charge in [0.2, 0.25) is 0 Å². The van der Waals surface area contributed by atoms with E-state index >= 15 is 0 Å². The molecule has 0 bridgehead atoms. The minimum absolute atomic E-state index is 0.702. The molecule has 0 radical (unpaired) electrons. The minimum Gasteiger partial charge on any atom is -0.0654 e. The summed E-state index contributed by atoms with van der Waals surface area (Å²) >= 11 is 0. The summed E-state index contributed by atoms with van der Waals surface area (Å²) < 4.78 is 0. The second kappa shape index (κ2) is 5.02. The Kier molecular flexibility index (Phi) is 4.28. The third-order valence-corrected chi connectivity index (χ3v) is 4.18. The fourth-order valence-electron chi connectivity index (χ4n) is 2.73. The quantitative estimate of drug-likeness (QED) is 0.537. The van der Waals surface area contributed by atoms with Crippen molar-refractivity contribution in [3.8, 4) is 0 Å². The molecule has 1 aliphatic rings. The van der Waals surface area contributed by atoms with Crippen molar-refractivity contribution in [3.05, 3.63) is 0 Å². The van der Waals surface area contributed by atoms with Crippen LogP contribution in [0.4, 0.5) is 0 Å². The number of hydrogen-bond acceptors (Lipinski definition) is 0. The van der Waals surface area contributed by atoms with Gasteiger partial charge in [-0.25, -0.2) is 0 Å². The molecule has 2 unspecified atom stereocenters. The molecule has 1 saturated carbocycles. The van der Waals surface area contributed by atoms with Gasteiger partial charge in [0.15, 0.2) is 0 Å². The summed E-state index contributed by atoms with van der Waals surface area (Å²) in [4.78, 5) is 0. The molecule has 0 saturated heterocycles. The molecule has 2 atom stereocenters. The van der Waals surface area contributed by atoms with Gasteiger partial charge in [-0.15, -0.1) is 0 Å². The van der Waals surface area contributed by atoms with Gasteiger partial charge < -0.3 is 0 Å². The second-order valence-electron chi connectivity index (χ2n) is 5.26. The smallest absolute Gasteiger partial charge is 0.0300 e. The maximum atomic E-state index is 2.51. The molecule has 78 valence electrons. The molecule has 1 aliphatic carbocycles. The minimum atomic E-state index is 0.702. The molecule has 0 aromatic heterocycles. The Morgan fingerprint density at radius 1 is 1.23 bits per heavy atom. The van der Waals surface area contributed by atoms with Gasteiger partial charge in [0.05, 0.1) is 0 Å². The summed E-state index contributed by atoms with van der Waals surface area (Å²) in [6, 6.07) is 0. The van der Waals surface area contributed by atoms with Crippen molar-refractivity contribution in [1.29, 1.82) is 0 Å². The van der Waals surface area contributed by atoms with Crippen LogP contribution in [0.2, 0.25) is 0 Å². The van der Waals surface area contributed by atoms with E-state index in [9.17, 15) is 0 Å². The fraction of sp³-hybridized carbons (Fsp3) is 1.00. The number of unbranched alkanes of at least 4 members (excludes halogenated alkanes) is 3. The van der Waals surface area contributed by atoms with Crippen molar-refractivity contribution in [2.75, 3.05) is 0 Å². The van der Waals surface area contributed by atoms with E-state index in [1.165, 1.54) is 51.4 Å². The van der Waals surface area contributed by atoms with E-state index in [0.717, 1.165) is 5.92 Å². The van der Waals surface area contributed by atoms with Crippen molar-refractivity contribution >= 4 is 0 Å². The predicted octanol–water partition coefficient (Wildman–Crippen LogP) is 4.78. The highest BCUT2D eigenvalue weighted by Crippen LogP contribution is 2.46. The Morgan fingerprint density at radius 3 is 2.54 bits per heavy atom. The van der Waals surface area contributed by atoms with Crippen LogP contribution in [0.3, 0.4) is 0 Å². The van der Waals surface area contributed by atoms with E-state index in [0.29, 0.717) is 5.41 Å². The first kappa shape index (κ1) is 11.1. The largest absolute Gasteiger partial charge is 0.0654 e. The Labute approximate surface area is 84.1 Å². The fourth-order valence-corrected chi connectivity index (χ4v) is 2.73. The average Bonchev–Trinajstić information content (AvgIpc) is 2.42. The van der Waals surface area contributed by atoms with Gasteiger partial charge in [-0.1, -0.05) is 59.3 Å². The van der Waals surface area contributed by atoms with Gasteiger partial charge >= 0.3 is 0 Å². The predicted molar refractivity (Wildman–Crippen MR) is 59.9 cm³/mol. The van der Waals surface area contributed by atoms with Crippen LogP contribution in [0, 0.1) is 11.3 Å². The van der Waals surface area contributed by atoms with E-state index in [2.05, 4.69) is 20.8 Å². The summed E-state index contributed by atoms with van der Waals surface area (Å²) in [6.45, 7) is 7.25. The van der Waals surface area contributed by atoms with Gasteiger partial charge in [0.25, 0.3) is 0 Å². The Hall–Kier alpha value is 0. The maximum Gasteiger partial charge on any atom is -0.0300 e. The Bertz CT molecular complexity index is 139. The lowest BCUT2D eigenvalue weighted by atomic mass is 9.76. The molecule has 0 aliphatic heterocycles. The average molecular weight is 182 g/mol. The van der Waals surface area contributed by atoms with E-state index < -0.39 is 0 Å². The summed E-state index contributed by atoms with van der Waals surface area (Å²) in [5.74, 6) is 0.981. The molecule has 1 rings (SSSR count). The molecular formula is C13H26. The van der Waals surface area contributed by atoms with Crippen molar-refractivity contribution in [3.63, 3.8) is 0 Å². The monoisotopic (exact) mass is 182 g/mol. The van der Waals surface area contributed by atoms with Crippen LogP contribution in [-0.2, 0) is 0 Å². The third-order valence-electron chi connectivity index (χ3n) is 4.18. The standard InChI is InChI=1S/C13H26/c1-4-5-6-7-10-13(3)11-8-9-12(13)2/h12H,4-11H2,1-3H3. The van der Waals surface area contributed by atoms with Crippen molar-refractivity contribution in [2.24, 2.45) is 11.3 Å². The molecule has 0 spiro atoms. The lowest BCUT2D eigenvalue weighted by Crippen LogP contribution is -2.19. The van der Waals surface area contributed by atoms with Gasteiger partial charge in [-0.2, -0.15) is 0 Å². The Morgan fingerprint density at radius 2 is 2.00 bits per heavy atom. The van der Waals surface area contributed by atoms with Crippen molar-refractivity contribution in [1.82, 2.24) is 0 Å². The lowest BCUT2D eigenvalue weighted by molar-refractivity contribution is 0.217. The van der Waals surface area contributed by atoms with Gasteiger partial charge in [0, 0.05) is 0 Å². The molecule has 0 heterocycles. The first-order valence-corrected chi connectivity index (χ1v) is 6.19. The van der Waals surface area contributed by atoms with E-state index in [1.54, 1.807) is 0 Å². The van der Waals surface area contributed by atoms with Crippen LogP contribution < -0.4 is 0 Å². The Balaban J connectivity index is 2.18. The van der Waals surface area contributed by atoms with E-state index in [-0.39, 0.29) is 0 Å². The zero-order valence-corrected chi connectivity index (χ0v) is 9.73. The molecule has 0 amide bonds. The molecular weight excluding hydrogens is 156 g/mol. The molecule has 13 heavy (non-hydrogen) atoms. The van der Waals surface area contributed by atoms with E-state index in [4.69, 9.17) is 0 Å². The zero-order valence-electron chi connectivity index (χ0n) is 9.73. The summed E-state index contributed by atoms with van der Waals surface area (Å²) in [7, 11) is 0. The maximum absolute atomic E-state index is 2.51. The highest BCUT2D eigenvalue weighted by molar-refractivity contribution is 4.85. The van der Waals surface area contributed by atoms with Crippen LogP contribution in [0.5, 0.6) is 0 Å². The summed E-state index contributed by atoms with van der Waals surface area (Å²) in [6.07, 6.45) is 11.6. The normalized spacial score (nSPS) is 33.9. The number of hydrogen-bond donors (Lipinski definition) is 0. The van der Waals surface area contributed by atoms with Crippen molar-refractivity contribution in [2.45, 2.75) is 72.1 Å². The topological polar surface area (TPSA) is 0 Å². The van der Waals surface area contributed by atoms with Gasteiger partial charge in [-0.3, -0.25) is 0 Å². The van der Waals surface area contributed by atoms with Crippen LogP contribution in [0.25, 0.3) is 0 Å². The molecule has 0 aromatic carbocycles. The first-order chi connectivity index (χ1) is 6.19. The van der Waals surface area contributed by atoms with Gasteiger partial charge in [-0.05, 0) is 24.2 Å². The van der Waals surface area contributed by atoms with Gasteiger partial charge in [0.1, 0.15) is 0 Å². The molecule has 0 N–H and O–H groups in total. The second-order valence-corrected chi connectivity index (χ2v) is 5.26. The zero-order chi connectivity index (χ0) is 9.73. The first-order valence-electron chi connectivity index (χ1n) is 6.19. The van der Waals surface area contributed by atoms with Crippen LogP contribution >= 0.6 is 0 Å². The van der Waals surface area contributed by atoms with Crippen LogP contribution in [0.15, 0.2) is 0 Å². The summed E-state index contributed by atoms with van der Waals surface area (Å²) in [5.41, 5.74) is 0.702. The molecule has 0 heteroatoms. The lowest BCUT2D eigenvalue weighted by Gasteiger charge is -2.29. The molecule has 0 aromatic rings. The van der Waals surface area contributed by atoms with Crippen molar-refractivity contribution < 1.29 is 0 Å². The highest BCUT2D eigenvalue weighted by Gasteiger charge is 2.34. The summed E-state index contributed by atoms with van der Waals surface area (Å²) in [5, 5.41) is 0. The van der Waals surface area contributed by atoms with Crippen LogP contribution in [-0.4, -0.2) is 0 Å². The highest BCUT2D eigenvalue weighted by atomic mass is 14.4. The SMILES string of the molecule is CCCCCCC1(C)CCCC1C.